The fourth-order valence-electron chi connectivity index (χ4n) is 2.35. The Morgan fingerprint density at radius 3 is 2.82 bits per heavy atom. The lowest BCUT2D eigenvalue weighted by molar-refractivity contribution is -0.127. The van der Waals surface area contributed by atoms with Gasteiger partial charge in [0.05, 0.1) is 12.9 Å². The lowest BCUT2D eigenvalue weighted by Gasteiger charge is -2.23. The zero-order chi connectivity index (χ0) is 12.1. The topological polar surface area (TPSA) is 62.5 Å². The number of aliphatic hydroxyl groups excluding tert-OH is 1. The number of amides is 1. The van der Waals surface area contributed by atoms with Crippen molar-refractivity contribution < 1.29 is 14.3 Å². The molecular weight excluding hydrogens is 218 g/mol. The van der Waals surface area contributed by atoms with Crippen molar-refractivity contribution in [3.63, 3.8) is 0 Å². The highest BCUT2D eigenvalue weighted by Gasteiger charge is 2.24. The predicted molar refractivity (Wildman–Crippen MR) is 63.3 cm³/mol. The third-order valence-electron chi connectivity index (χ3n) is 3.36. The Labute approximate surface area is 101 Å². The first-order valence-electron chi connectivity index (χ1n) is 6.26. The van der Waals surface area contributed by atoms with E-state index in [1.165, 1.54) is 6.42 Å². The van der Waals surface area contributed by atoms with E-state index in [2.05, 4.69) is 5.32 Å². The number of carbonyl (C=O) groups is 1. The summed E-state index contributed by atoms with van der Waals surface area (Å²) < 4.78 is 5.20. The molecule has 1 heterocycles. The number of aliphatic hydroxyl groups is 1. The summed E-state index contributed by atoms with van der Waals surface area (Å²) in [6.07, 6.45) is 6.95. The van der Waals surface area contributed by atoms with Gasteiger partial charge in [0, 0.05) is 5.92 Å². The van der Waals surface area contributed by atoms with Gasteiger partial charge in [0.15, 0.2) is 0 Å². The second kappa shape index (κ2) is 5.87. The van der Waals surface area contributed by atoms with E-state index >= 15 is 0 Å². The van der Waals surface area contributed by atoms with E-state index in [0.29, 0.717) is 5.76 Å². The van der Waals surface area contributed by atoms with Crippen LogP contribution in [0, 0.1) is 5.92 Å². The normalized spacial score (nSPS) is 18.9. The number of nitrogens with one attached hydrogen (secondary N) is 1. The van der Waals surface area contributed by atoms with Gasteiger partial charge in [0.25, 0.3) is 0 Å². The molecule has 94 valence electrons. The van der Waals surface area contributed by atoms with Gasteiger partial charge in [-0.05, 0) is 25.0 Å². The maximum atomic E-state index is 12.0. The van der Waals surface area contributed by atoms with Crippen molar-refractivity contribution >= 4 is 5.91 Å². The van der Waals surface area contributed by atoms with Crippen molar-refractivity contribution in [1.29, 1.82) is 0 Å². The minimum atomic E-state index is -0.417. The van der Waals surface area contributed by atoms with Gasteiger partial charge in [-0.1, -0.05) is 19.3 Å². The van der Waals surface area contributed by atoms with Gasteiger partial charge in [-0.25, -0.2) is 0 Å². The molecule has 0 bridgehead atoms. The van der Waals surface area contributed by atoms with Crippen LogP contribution in [0.15, 0.2) is 22.8 Å². The average Bonchev–Trinajstić information content (AvgIpc) is 2.90. The minimum Gasteiger partial charge on any atom is -0.467 e. The molecule has 1 fully saturated rings. The van der Waals surface area contributed by atoms with Gasteiger partial charge in [-0.2, -0.15) is 0 Å². The van der Waals surface area contributed by atoms with Crippen LogP contribution in [0.25, 0.3) is 0 Å². The van der Waals surface area contributed by atoms with Crippen molar-refractivity contribution in [3.8, 4) is 0 Å². The van der Waals surface area contributed by atoms with E-state index in [9.17, 15) is 9.90 Å². The molecule has 1 aliphatic rings. The Balaban J connectivity index is 1.92. The van der Waals surface area contributed by atoms with Gasteiger partial charge in [0.1, 0.15) is 11.8 Å². The molecular formula is C13H19NO3. The van der Waals surface area contributed by atoms with Gasteiger partial charge >= 0.3 is 0 Å². The fraction of sp³-hybridized carbons (Fsp3) is 0.615. The molecule has 1 atom stereocenters. The molecule has 1 aromatic rings. The number of rotatable bonds is 4. The van der Waals surface area contributed by atoms with Crippen LogP contribution in [-0.2, 0) is 4.79 Å². The molecule has 0 aromatic carbocycles. The van der Waals surface area contributed by atoms with E-state index in [-0.39, 0.29) is 18.4 Å². The summed E-state index contributed by atoms with van der Waals surface area (Å²) in [6.45, 7) is -0.133. The van der Waals surface area contributed by atoms with E-state index < -0.39 is 6.04 Å². The zero-order valence-electron chi connectivity index (χ0n) is 9.89. The highest BCUT2D eigenvalue weighted by atomic mass is 16.3. The van der Waals surface area contributed by atoms with Crippen molar-refractivity contribution in [3.05, 3.63) is 24.2 Å². The van der Waals surface area contributed by atoms with Crippen LogP contribution in [-0.4, -0.2) is 17.6 Å². The quantitative estimate of drug-likeness (QED) is 0.842. The highest BCUT2D eigenvalue weighted by molar-refractivity contribution is 5.79. The molecule has 1 amide bonds. The lowest BCUT2D eigenvalue weighted by atomic mass is 9.88. The van der Waals surface area contributed by atoms with Crippen molar-refractivity contribution in [1.82, 2.24) is 5.32 Å². The van der Waals surface area contributed by atoms with Crippen LogP contribution in [0.2, 0.25) is 0 Å². The first kappa shape index (κ1) is 12.2. The Hall–Kier alpha value is -1.29. The fourth-order valence-corrected chi connectivity index (χ4v) is 2.35. The summed E-state index contributed by atoms with van der Waals surface area (Å²) in [6, 6.07) is 3.10. The Bertz CT molecular complexity index is 342. The summed E-state index contributed by atoms with van der Waals surface area (Å²) in [4.78, 5) is 12.0. The monoisotopic (exact) mass is 237 g/mol. The van der Waals surface area contributed by atoms with Crippen molar-refractivity contribution in [2.75, 3.05) is 6.61 Å². The van der Waals surface area contributed by atoms with Gasteiger partial charge in [-0.3, -0.25) is 4.79 Å². The van der Waals surface area contributed by atoms with Gasteiger partial charge < -0.3 is 14.8 Å². The molecule has 0 aliphatic heterocycles. The molecule has 0 spiro atoms. The van der Waals surface area contributed by atoms with Crippen LogP contribution in [0.3, 0.4) is 0 Å². The molecule has 2 rings (SSSR count). The smallest absolute Gasteiger partial charge is 0.223 e. The molecule has 0 saturated heterocycles. The van der Waals surface area contributed by atoms with Crippen LogP contribution < -0.4 is 5.32 Å². The second-order valence-electron chi connectivity index (χ2n) is 4.59. The van der Waals surface area contributed by atoms with Crippen LogP contribution in [0.4, 0.5) is 0 Å². The molecule has 1 unspecified atom stereocenters. The number of hydrogen-bond donors (Lipinski definition) is 2. The van der Waals surface area contributed by atoms with Crippen molar-refractivity contribution in [2.24, 2.45) is 5.92 Å². The molecule has 0 radical (unpaired) electrons. The summed E-state index contributed by atoms with van der Waals surface area (Å²) in [5.74, 6) is 0.754. The molecule has 1 aromatic heterocycles. The maximum Gasteiger partial charge on any atom is 0.223 e. The minimum absolute atomic E-state index is 0.0418. The highest BCUT2D eigenvalue weighted by Crippen LogP contribution is 2.24. The summed E-state index contributed by atoms with van der Waals surface area (Å²) >= 11 is 0. The predicted octanol–water partition coefficient (Wildman–Crippen LogP) is 2.01. The number of furan rings is 1. The third-order valence-corrected chi connectivity index (χ3v) is 3.36. The van der Waals surface area contributed by atoms with Crippen molar-refractivity contribution in [2.45, 2.75) is 38.1 Å². The van der Waals surface area contributed by atoms with E-state index in [4.69, 9.17) is 4.42 Å². The van der Waals surface area contributed by atoms with Gasteiger partial charge in [-0.15, -0.1) is 0 Å². The van der Waals surface area contributed by atoms with E-state index in [1.54, 1.807) is 18.4 Å². The zero-order valence-corrected chi connectivity index (χ0v) is 9.89. The SMILES string of the molecule is O=C(NC(CO)c1ccco1)C1CCCCC1. The standard InChI is InChI=1S/C13H19NO3/c15-9-11(12-7-4-8-17-12)14-13(16)10-5-2-1-3-6-10/h4,7-8,10-11,15H,1-3,5-6,9H2,(H,14,16). The lowest BCUT2D eigenvalue weighted by Crippen LogP contribution is -2.36. The largest absolute Gasteiger partial charge is 0.467 e. The summed E-state index contributed by atoms with van der Waals surface area (Å²) in [7, 11) is 0. The Morgan fingerprint density at radius 1 is 1.47 bits per heavy atom. The van der Waals surface area contributed by atoms with Crippen LogP contribution in [0.5, 0.6) is 0 Å². The molecule has 4 heteroatoms. The molecule has 1 saturated carbocycles. The molecule has 4 nitrogen and oxygen atoms in total. The van der Waals surface area contributed by atoms with E-state index in [1.807, 2.05) is 0 Å². The summed E-state index contributed by atoms with van der Waals surface area (Å²) in [5.41, 5.74) is 0. The number of hydrogen-bond acceptors (Lipinski definition) is 3. The Kier molecular flexibility index (Phi) is 4.20. The van der Waals surface area contributed by atoms with Crippen LogP contribution in [0.1, 0.15) is 43.9 Å². The molecule has 17 heavy (non-hydrogen) atoms. The molecule has 1 aliphatic carbocycles. The van der Waals surface area contributed by atoms with Gasteiger partial charge in [0.2, 0.25) is 5.91 Å². The second-order valence-corrected chi connectivity index (χ2v) is 4.59. The van der Waals surface area contributed by atoms with Crippen LogP contribution >= 0.6 is 0 Å². The van der Waals surface area contributed by atoms with E-state index in [0.717, 1.165) is 25.7 Å². The first-order chi connectivity index (χ1) is 8.31. The average molecular weight is 237 g/mol. The molecule has 2 N–H and O–H groups in total. The number of carbonyl (C=O) groups excluding carboxylic acids is 1. The first-order valence-corrected chi connectivity index (χ1v) is 6.26. The maximum absolute atomic E-state index is 12.0. The summed E-state index contributed by atoms with van der Waals surface area (Å²) in [5, 5.41) is 12.1. The Morgan fingerprint density at radius 2 is 2.24 bits per heavy atom. The third kappa shape index (κ3) is 3.09.